The van der Waals surface area contributed by atoms with Crippen LogP contribution in [0.5, 0.6) is 5.75 Å². The number of fused-ring (bicyclic) bond motifs is 1. The third-order valence-electron chi connectivity index (χ3n) is 7.73. The molecule has 0 unspecified atom stereocenters. The van der Waals surface area contributed by atoms with Gasteiger partial charge < -0.3 is 25.2 Å². The molecule has 1 aromatic carbocycles. The van der Waals surface area contributed by atoms with Gasteiger partial charge in [-0.05, 0) is 18.2 Å². The summed E-state index contributed by atoms with van der Waals surface area (Å²) in [5.74, 6) is -0.732. The summed E-state index contributed by atoms with van der Waals surface area (Å²) in [7, 11) is 0. The van der Waals surface area contributed by atoms with Crippen molar-refractivity contribution in [3.8, 4) is 17.0 Å². The zero-order valence-corrected chi connectivity index (χ0v) is 22.2. The van der Waals surface area contributed by atoms with E-state index in [1.54, 1.807) is 35.2 Å². The first kappa shape index (κ1) is 26.5. The number of nitrogens with zero attached hydrogens (tertiary/aromatic N) is 5. The number of nitrogens with two attached hydrogens (primary N) is 1. The summed E-state index contributed by atoms with van der Waals surface area (Å²) in [5.41, 5.74) is 8.68. The molecule has 0 radical (unpaired) electrons. The molecule has 3 N–H and O–H groups in total. The van der Waals surface area contributed by atoms with Crippen molar-refractivity contribution in [2.24, 2.45) is 11.7 Å². The van der Waals surface area contributed by atoms with E-state index in [4.69, 9.17) is 15.2 Å². The summed E-state index contributed by atoms with van der Waals surface area (Å²) in [6, 6.07) is 7.30. The Hall–Kier alpha value is -3.67. The van der Waals surface area contributed by atoms with Gasteiger partial charge in [0.05, 0.1) is 42.3 Å². The molecule has 2 saturated heterocycles. The van der Waals surface area contributed by atoms with Crippen LogP contribution in [0.3, 0.4) is 0 Å². The second kappa shape index (κ2) is 11.1. The predicted molar refractivity (Wildman–Crippen MR) is 145 cm³/mol. The first-order valence-corrected chi connectivity index (χ1v) is 13.6. The highest BCUT2D eigenvalue weighted by Crippen LogP contribution is 2.31. The zero-order valence-electron chi connectivity index (χ0n) is 22.2. The minimum absolute atomic E-state index is 0.0134. The molecule has 11 heteroatoms. The zero-order chi connectivity index (χ0) is 27.8. The van der Waals surface area contributed by atoms with Crippen LogP contribution in [0.4, 0.5) is 14.5 Å². The number of aliphatic hydroxyl groups is 1. The van der Waals surface area contributed by atoms with E-state index in [0.29, 0.717) is 56.9 Å². The number of pyridine rings is 1. The summed E-state index contributed by atoms with van der Waals surface area (Å²) in [6.07, 6.45) is 6.23. The van der Waals surface area contributed by atoms with E-state index in [0.717, 1.165) is 11.3 Å². The molecule has 4 aromatic rings. The van der Waals surface area contributed by atoms with Crippen LogP contribution in [0.15, 0.2) is 48.9 Å². The van der Waals surface area contributed by atoms with Crippen molar-refractivity contribution in [1.82, 2.24) is 19.6 Å². The predicted octanol–water partition coefficient (Wildman–Crippen LogP) is 3.36. The summed E-state index contributed by atoms with van der Waals surface area (Å²) in [6.45, 7) is 4.29. The number of rotatable bonds is 6. The van der Waals surface area contributed by atoms with Crippen LogP contribution in [0.1, 0.15) is 31.2 Å². The number of piperidine rings is 1. The first-order chi connectivity index (χ1) is 19.4. The van der Waals surface area contributed by atoms with Crippen molar-refractivity contribution >= 4 is 11.2 Å². The molecule has 0 saturated carbocycles. The van der Waals surface area contributed by atoms with Crippen molar-refractivity contribution in [3.05, 3.63) is 71.9 Å². The maximum atomic E-state index is 15.2. The Morgan fingerprint density at radius 2 is 1.88 bits per heavy atom. The topological polar surface area (TPSA) is 111 Å². The number of imidazole rings is 1. The highest BCUT2D eigenvalue weighted by molar-refractivity contribution is 5.64. The average Bonchev–Trinajstić information content (AvgIpc) is 3.34. The van der Waals surface area contributed by atoms with Crippen molar-refractivity contribution in [2.45, 2.75) is 44.4 Å². The minimum Gasteiger partial charge on any atom is -0.490 e. The molecule has 9 nitrogen and oxygen atoms in total. The maximum absolute atomic E-state index is 15.2. The van der Waals surface area contributed by atoms with E-state index in [-0.39, 0.29) is 35.1 Å². The smallest absolute Gasteiger partial charge is 0.139 e. The highest BCUT2D eigenvalue weighted by Gasteiger charge is 2.32. The number of benzene rings is 1. The van der Waals surface area contributed by atoms with Crippen molar-refractivity contribution in [3.63, 3.8) is 0 Å². The number of halogens is 2. The molecule has 2 aliphatic rings. The van der Waals surface area contributed by atoms with Gasteiger partial charge in [0.25, 0.3) is 0 Å². The van der Waals surface area contributed by atoms with Gasteiger partial charge in [-0.25, -0.2) is 18.3 Å². The van der Waals surface area contributed by atoms with Crippen LogP contribution in [-0.2, 0) is 11.2 Å². The molecule has 3 aromatic heterocycles. The van der Waals surface area contributed by atoms with Crippen LogP contribution in [0, 0.1) is 17.6 Å². The average molecular weight is 551 g/mol. The molecule has 5 heterocycles. The van der Waals surface area contributed by atoms with Gasteiger partial charge in [-0.15, -0.1) is 0 Å². The molecule has 6 rings (SSSR count). The van der Waals surface area contributed by atoms with E-state index in [1.807, 2.05) is 13.0 Å². The molecule has 0 amide bonds. The molecule has 2 fully saturated rings. The fraction of sp³-hybridized carbons (Fsp3) is 0.414. The lowest BCUT2D eigenvalue weighted by molar-refractivity contribution is 0.0253. The molecule has 0 aliphatic carbocycles. The van der Waals surface area contributed by atoms with Gasteiger partial charge in [-0.1, -0.05) is 6.92 Å². The Balaban J connectivity index is 1.29. The highest BCUT2D eigenvalue weighted by atomic mass is 19.1. The first-order valence-electron chi connectivity index (χ1n) is 13.6. The number of ether oxygens (including phenoxy) is 2. The number of aliphatic hydroxyl groups excluding tert-OH is 1. The number of anilines is 1. The van der Waals surface area contributed by atoms with E-state index >= 15 is 8.78 Å². The van der Waals surface area contributed by atoms with Crippen LogP contribution < -0.4 is 15.4 Å². The fourth-order valence-electron chi connectivity index (χ4n) is 5.58. The van der Waals surface area contributed by atoms with E-state index in [2.05, 4.69) is 20.0 Å². The van der Waals surface area contributed by atoms with Gasteiger partial charge in [0.15, 0.2) is 0 Å². The second-order valence-electron chi connectivity index (χ2n) is 10.6. The third-order valence-corrected chi connectivity index (χ3v) is 7.73. The Bertz CT molecular complexity index is 1470. The quantitative estimate of drug-likeness (QED) is 0.376. The monoisotopic (exact) mass is 550 g/mol. The van der Waals surface area contributed by atoms with Crippen molar-refractivity contribution < 1.29 is 23.4 Å². The lowest BCUT2D eigenvalue weighted by Gasteiger charge is -2.40. The number of aromatic nitrogens is 4. The van der Waals surface area contributed by atoms with E-state index in [9.17, 15) is 5.11 Å². The Morgan fingerprint density at radius 3 is 2.62 bits per heavy atom. The van der Waals surface area contributed by atoms with Crippen molar-refractivity contribution in [1.29, 1.82) is 0 Å². The molecule has 210 valence electrons. The number of hydrogen-bond donors (Lipinski definition) is 2. The summed E-state index contributed by atoms with van der Waals surface area (Å²) in [5, 5.41) is 14.9. The van der Waals surface area contributed by atoms with Crippen LogP contribution >= 0.6 is 0 Å². The SMILES string of the molecule is C[C@H]1CN(c2ccncc2Cc2ncc3ccc(-c4c(F)cc(OC5CCOCC5)cc4F)nn23)C[C@@H](N)[C@@H]1O. The molecule has 0 spiro atoms. The van der Waals surface area contributed by atoms with Gasteiger partial charge >= 0.3 is 0 Å². The molecular formula is C29H32F2N6O3. The number of hydrogen-bond acceptors (Lipinski definition) is 8. The molecule has 3 atom stereocenters. The van der Waals surface area contributed by atoms with Gasteiger partial charge in [0.2, 0.25) is 0 Å². The molecule has 0 bridgehead atoms. The van der Waals surface area contributed by atoms with Gasteiger partial charge in [0, 0.05) is 80.1 Å². The van der Waals surface area contributed by atoms with Crippen LogP contribution in [-0.4, -0.2) is 69.2 Å². The fourth-order valence-corrected chi connectivity index (χ4v) is 5.58. The third kappa shape index (κ3) is 5.24. The Labute approximate surface area is 230 Å². The lowest BCUT2D eigenvalue weighted by atomic mass is 9.92. The normalized spacial score (nSPS) is 22.1. The van der Waals surface area contributed by atoms with Gasteiger partial charge in [-0.3, -0.25) is 4.98 Å². The van der Waals surface area contributed by atoms with E-state index < -0.39 is 17.7 Å². The summed E-state index contributed by atoms with van der Waals surface area (Å²) >= 11 is 0. The summed E-state index contributed by atoms with van der Waals surface area (Å²) < 4.78 is 43.2. The molecule has 40 heavy (non-hydrogen) atoms. The Kier molecular flexibility index (Phi) is 7.35. The van der Waals surface area contributed by atoms with E-state index in [1.165, 1.54) is 12.1 Å². The van der Waals surface area contributed by atoms with Gasteiger partial charge in [0.1, 0.15) is 29.3 Å². The minimum atomic E-state index is -0.747. The maximum Gasteiger partial charge on any atom is 0.139 e. The van der Waals surface area contributed by atoms with Crippen molar-refractivity contribution in [2.75, 3.05) is 31.2 Å². The lowest BCUT2D eigenvalue weighted by Crippen LogP contribution is -2.55. The summed E-state index contributed by atoms with van der Waals surface area (Å²) in [4.78, 5) is 11.0. The second-order valence-corrected chi connectivity index (χ2v) is 10.6. The van der Waals surface area contributed by atoms with Crippen LogP contribution in [0.25, 0.3) is 16.8 Å². The molecule has 2 aliphatic heterocycles. The Morgan fingerprint density at radius 1 is 1.10 bits per heavy atom. The largest absolute Gasteiger partial charge is 0.490 e. The molecular weight excluding hydrogens is 518 g/mol. The standard InChI is InChI=1S/C29H32F2N6O3/c1-17-15-36(16-24(32)29(17)38)26-4-7-33-13-18(26)10-27-34-14-19-2-3-25(35-37(19)27)28-22(30)11-21(12-23(28)31)40-20-5-8-39-9-6-20/h2-4,7,11-14,17,20,24,29,38H,5-6,8-10,15-16,32H2,1H3/t17-,24+,29+/m0/s1. The van der Waals surface area contributed by atoms with Crippen LogP contribution in [0.2, 0.25) is 0 Å². The van der Waals surface area contributed by atoms with Gasteiger partial charge in [-0.2, -0.15) is 5.10 Å².